The first-order valence-electron chi connectivity index (χ1n) is 10.3. The molecule has 2 heterocycles. The van der Waals surface area contributed by atoms with Gasteiger partial charge in [-0.2, -0.15) is 0 Å². The lowest BCUT2D eigenvalue weighted by molar-refractivity contribution is -0.133. The van der Waals surface area contributed by atoms with Crippen LogP contribution >= 0.6 is 0 Å². The number of amides is 3. The number of urea groups is 1. The average molecular weight is 370 g/mol. The van der Waals surface area contributed by atoms with E-state index in [0.29, 0.717) is 12.5 Å². The molecule has 0 aromatic heterocycles. The second-order valence-corrected chi connectivity index (χ2v) is 8.16. The van der Waals surface area contributed by atoms with Gasteiger partial charge in [0.15, 0.2) is 0 Å². The number of hydrogen-bond acceptors (Lipinski definition) is 3. The van der Waals surface area contributed by atoms with Crippen LogP contribution in [0.25, 0.3) is 0 Å². The van der Waals surface area contributed by atoms with Gasteiger partial charge in [-0.15, -0.1) is 0 Å². The maximum atomic E-state index is 12.7. The average Bonchev–Trinajstić information content (AvgIpc) is 3.54. The Balaban J connectivity index is 1.25. The Kier molecular flexibility index (Phi) is 5.23. The second kappa shape index (κ2) is 7.79. The molecule has 2 saturated heterocycles. The van der Waals surface area contributed by atoms with Gasteiger partial charge in [0.1, 0.15) is 0 Å². The molecule has 146 valence electrons. The van der Waals surface area contributed by atoms with Gasteiger partial charge in [0.25, 0.3) is 0 Å². The minimum Gasteiger partial charge on any atom is -0.368 e. The van der Waals surface area contributed by atoms with Gasteiger partial charge in [-0.05, 0) is 44.7 Å². The van der Waals surface area contributed by atoms with Crippen molar-refractivity contribution in [2.24, 2.45) is 5.92 Å². The van der Waals surface area contributed by atoms with Crippen molar-refractivity contribution in [3.05, 3.63) is 29.8 Å². The summed E-state index contributed by atoms with van der Waals surface area (Å²) in [6.45, 7) is 6.78. The van der Waals surface area contributed by atoms with Crippen molar-refractivity contribution < 1.29 is 9.59 Å². The smallest absolute Gasteiger partial charge is 0.317 e. The van der Waals surface area contributed by atoms with Crippen molar-refractivity contribution in [2.45, 2.75) is 38.6 Å². The largest absolute Gasteiger partial charge is 0.368 e. The Morgan fingerprint density at radius 2 is 1.63 bits per heavy atom. The zero-order valence-electron chi connectivity index (χ0n) is 16.2. The van der Waals surface area contributed by atoms with Gasteiger partial charge < -0.3 is 20.0 Å². The summed E-state index contributed by atoms with van der Waals surface area (Å²) in [5.74, 6) is 0.551. The minimum atomic E-state index is 0.0178. The first kappa shape index (κ1) is 18.1. The van der Waals surface area contributed by atoms with Crippen molar-refractivity contribution in [1.29, 1.82) is 0 Å². The molecule has 1 aliphatic carbocycles. The molecule has 1 unspecified atom stereocenters. The summed E-state index contributed by atoms with van der Waals surface area (Å²) < 4.78 is 0. The monoisotopic (exact) mass is 370 g/mol. The summed E-state index contributed by atoms with van der Waals surface area (Å²) in [5, 5.41) is 3.17. The Morgan fingerprint density at radius 1 is 0.926 bits per heavy atom. The van der Waals surface area contributed by atoms with Crippen molar-refractivity contribution in [2.75, 3.05) is 44.2 Å². The molecule has 1 aromatic rings. The van der Waals surface area contributed by atoms with E-state index in [2.05, 4.69) is 41.4 Å². The summed E-state index contributed by atoms with van der Waals surface area (Å²) in [7, 11) is 0. The number of aryl methyl sites for hydroxylation is 1. The molecule has 6 heteroatoms. The van der Waals surface area contributed by atoms with Crippen LogP contribution in [-0.4, -0.2) is 67.0 Å². The van der Waals surface area contributed by atoms with Gasteiger partial charge >= 0.3 is 6.03 Å². The third-order valence-corrected chi connectivity index (χ3v) is 5.95. The van der Waals surface area contributed by atoms with Gasteiger partial charge in [0.2, 0.25) is 5.91 Å². The number of nitrogens with zero attached hydrogens (tertiary/aromatic N) is 3. The minimum absolute atomic E-state index is 0.0178. The van der Waals surface area contributed by atoms with Crippen LogP contribution < -0.4 is 10.2 Å². The molecular weight excluding hydrogens is 340 g/mol. The molecule has 6 nitrogen and oxygen atoms in total. The van der Waals surface area contributed by atoms with Gasteiger partial charge in [-0.1, -0.05) is 17.7 Å². The normalized spacial score (nSPS) is 23.3. The van der Waals surface area contributed by atoms with E-state index in [0.717, 1.165) is 58.4 Å². The molecule has 1 atom stereocenters. The number of nitrogens with one attached hydrogen (secondary N) is 1. The van der Waals surface area contributed by atoms with E-state index in [1.807, 2.05) is 9.80 Å². The second-order valence-electron chi connectivity index (χ2n) is 8.16. The fourth-order valence-corrected chi connectivity index (χ4v) is 4.07. The van der Waals surface area contributed by atoms with Crippen LogP contribution in [-0.2, 0) is 4.79 Å². The number of carbonyl (C=O) groups excluding carboxylic acids is 2. The van der Waals surface area contributed by atoms with Gasteiger partial charge in [0.05, 0.1) is 0 Å². The number of benzene rings is 1. The SMILES string of the molecule is Cc1ccc(N2CCN(C(=O)NC3CCCN(C(=O)C4CC4)C3)CC2)cc1. The van der Waals surface area contributed by atoms with E-state index in [9.17, 15) is 9.59 Å². The van der Waals surface area contributed by atoms with E-state index in [1.54, 1.807) is 0 Å². The fraction of sp³-hybridized carbons (Fsp3) is 0.619. The maximum Gasteiger partial charge on any atom is 0.317 e. The van der Waals surface area contributed by atoms with Crippen LogP contribution in [0.5, 0.6) is 0 Å². The summed E-state index contributed by atoms with van der Waals surface area (Å²) >= 11 is 0. The Bertz CT molecular complexity index is 678. The van der Waals surface area contributed by atoms with Crippen LogP contribution in [0.15, 0.2) is 24.3 Å². The van der Waals surface area contributed by atoms with Crippen LogP contribution in [0.1, 0.15) is 31.2 Å². The molecule has 0 spiro atoms. The Hall–Kier alpha value is -2.24. The van der Waals surface area contributed by atoms with Crippen molar-refractivity contribution in [3.63, 3.8) is 0 Å². The van der Waals surface area contributed by atoms with Gasteiger partial charge in [-0.25, -0.2) is 4.79 Å². The van der Waals surface area contributed by atoms with E-state index in [-0.39, 0.29) is 18.0 Å². The number of piperazine rings is 1. The van der Waals surface area contributed by atoms with E-state index < -0.39 is 0 Å². The van der Waals surface area contributed by atoms with Crippen molar-refractivity contribution in [3.8, 4) is 0 Å². The Morgan fingerprint density at radius 3 is 2.30 bits per heavy atom. The molecule has 0 radical (unpaired) electrons. The summed E-state index contributed by atoms with van der Waals surface area (Å²) in [4.78, 5) is 31.2. The molecule has 1 N–H and O–H groups in total. The molecule has 27 heavy (non-hydrogen) atoms. The summed E-state index contributed by atoms with van der Waals surface area (Å²) in [6.07, 6.45) is 4.02. The van der Waals surface area contributed by atoms with Crippen molar-refractivity contribution in [1.82, 2.24) is 15.1 Å². The Labute approximate surface area is 161 Å². The highest BCUT2D eigenvalue weighted by Gasteiger charge is 2.36. The lowest BCUT2D eigenvalue weighted by Crippen LogP contribution is -2.56. The predicted molar refractivity (Wildman–Crippen MR) is 106 cm³/mol. The summed E-state index contributed by atoms with van der Waals surface area (Å²) in [5.41, 5.74) is 2.49. The van der Waals surface area contributed by atoms with E-state index in [4.69, 9.17) is 0 Å². The number of piperidine rings is 1. The summed E-state index contributed by atoms with van der Waals surface area (Å²) in [6, 6.07) is 8.67. The maximum absolute atomic E-state index is 12.7. The highest BCUT2D eigenvalue weighted by Crippen LogP contribution is 2.31. The van der Waals surface area contributed by atoms with Crippen LogP contribution in [0.2, 0.25) is 0 Å². The first-order valence-corrected chi connectivity index (χ1v) is 10.3. The molecule has 3 fully saturated rings. The predicted octanol–water partition coefficient (Wildman–Crippen LogP) is 2.23. The van der Waals surface area contributed by atoms with Crippen LogP contribution in [0, 0.1) is 12.8 Å². The molecule has 1 saturated carbocycles. The third kappa shape index (κ3) is 4.37. The third-order valence-electron chi connectivity index (χ3n) is 5.95. The lowest BCUT2D eigenvalue weighted by Gasteiger charge is -2.38. The van der Waals surface area contributed by atoms with Crippen LogP contribution in [0.4, 0.5) is 10.5 Å². The topological polar surface area (TPSA) is 55.9 Å². The number of likely N-dealkylation sites (tertiary alicyclic amines) is 1. The van der Waals surface area contributed by atoms with Gasteiger partial charge in [0, 0.05) is 56.9 Å². The number of hydrogen-bond donors (Lipinski definition) is 1. The highest BCUT2D eigenvalue weighted by molar-refractivity contribution is 5.81. The van der Waals surface area contributed by atoms with Crippen molar-refractivity contribution >= 4 is 17.6 Å². The number of carbonyl (C=O) groups is 2. The molecule has 0 bridgehead atoms. The molecule has 4 rings (SSSR count). The highest BCUT2D eigenvalue weighted by atomic mass is 16.2. The lowest BCUT2D eigenvalue weighted by atomic mass is 10.1. The zero-order chi connectivity index (χ0) is 18.8. The number of rotatable bonds is 3. The van der Waals surface area contributed by atoms with E-state index >= 15 is 0 Å². The van der Waals surface area contributed by atoms with Gasteiger partial charge in [-0.3, -0.25) is 4.79 Å². The molecule has 2 aliphatic heterocycles. The zero-order valence-corrected chi connectivity index (χ0v) is 16.2. The first-order chi connectivity index (χ1) is 13.1. The molecule has 3 aliphatic rings. The quantitative estimate of drug-likeness (QED) is 0.888. The molecule has 3 amide bonds. The van der Waals surface area contributed by atoms with Crippen LogP contribution in [0.3, 0.4) is 0 Å². The number of anilines is 1. The molecular formula is C21H30N4O2. The fourth-order valence-electron chi connectivity index (χ4n) is 4.07. The molecule has 1 aromatic carbocycles. The standard InChI is InChI=1S/C21H30N4O2/c1-16-4-8-19(9-5-16)23-11-13-24(14-12-23)21(27)22-18-3-2-10-25(15-18)20(26)17-6-7-17/h4-5,8-9,17-18H,2-3,6-7,10-15H2,1H3,(H,22,27). The van der Waals surface area contributed by atoms with E-state index in [1.165, 1.54) is 11.3 Å².